The first-order valence-corrected chi connectivity index (χ1v) is 6.48. The van der Waals surface area contributed by atoms with Gasteiger partial charge in [0, 0.05) is 0 Å². The molecule has 0 aliphatic heterocycles. The summed E-state index contributed by atoms with van der Waals surface area (Å²) in [5.74, 6) is -2.17. The zero-order chi connectivity index (χ0) is 16.3. The lowest BCUT2D eigenvalue weighted by atomic mass is 10.1. The molecular weight excluding hydrogens is 317 g/mol. The van der Waals surface area contributed by atoms with Crippen LogP contribution in [0.1, 0.15) is 16.1 Å². The van der Waals surface area contributed by atoms with Gasteiger partial charge in [0.15, 0.2) is 6.61 Å². The van der Waals surface area contributed by atoms with Gasteiger partial charge in [-0.1, -0.05) is 22.8 Å². The fraction of sp³-hybridized carbons (Fsp3) is 0.214. The zero-order valence-electron chi connectivity index (χ0n) is 11.7. The van der Waals surface area contributed by atoms with Gasteiger partial charge in [-0.05, 0) is 19.1 Å². The maximum absolute atomic E-state index is 14.0. The van der Waals surface area contributed by atoms with Crippen molar-refractivity contribution in [1.29, 1.82) is 0 Å². The van der Waals surface area contributed by atoms with Gasteiger partial charge in [0.1, 0.15) is 22.8 Å². The molecule has 0 aliphatic rings. The van der Waals surface area contributed by atoms with Crippen LogP contribution < -0.4 is 0 Å². The number of esters is 2. The Balaban J connectivity index is 2.40. The Bertz CT molecular complexity index is 708. The molecule has 0 atom stereocenters. The summed E-state index contributed by atoms with van der Waals surface area (Å²) >= 11 is 5.95. The third-order valence-electron chi connectivity index (χ3n) is 2.82. The van der Waals surface area contributed by atoms with Crippen LogP contribution in [-0.4, -0.2) is 30.8 Å². The number of carbonyl (C=O) groups excluding carboxylic acids is 2. The lowest BCUT2D eigenvalue weighted by Gasteiger charge is -2.06. The summed E-state index contributed by atoms with van der Waals surface area (Å²) in [6.45, 7) is 0.879. The van der Waals surface area contributed by atoms with Crippen LogP contribution in [0.2, 0.25) is 5.02 Å². The topological polar surface area (TPSA) is 78.6 Å². The van der Waals surface area contributed by atoms with E-state index in [1.165, 1.54) is 25.1 Å². The van der Waals surface area contributed by atoms with E-state index in [4.69, 9.17) is 20.9 Å². The molecule has 0 aliphatic carbocycles. The quantitative estimate of drug-likeness (QED) is 0.803. The summed E-state index contributed by atoms with van der Waals surface area (Å²) in [7, 11) is 1.16. The SMILES string of the molecule is COC(=O)COC(=O)c1c(-c2c(F)cccc2Cl)noc1C. The standard InChI is InChI=1S/C14H11ClFNO5/c1-7-11(14(19)21-6-10(18)20-2)13(17-22-7)12-8(15)4-3-5-9(12)16/h3-5H,6H2,1-2H3. The van der Waals surface area contributed by atoms with Crippen molar-refractivity contribution in [1.82, 2.24) is 5.16 Å². The van der Waals surface area contributed by atoms with Crippen LogP contribution >= 0.6 is 11.6 Å². The average molecular weight is 328 g/mol. The molecule has 0 saturated carbocycles. The van der Waals surface area contributed by atoms with E-state index in [1.54, 1.807) is 0 Å². The highest BCUT2D eigenvalue weighted by atomic mass is 35.5. The number of methoxy groups -OCH3 is 1. The summed E-state index contributed by atoms with van der Waals surface area (Å²) in [4.78, 5) is 23.1. The van der Waals surface area contributed by atoms with E-state index in [0.29, 0.717) is 0 Å². The lowest BCUT2D eigenvalue weighted by molar-refractivity contribution is -0.144. The van der Waals surface area contributed by atoms with Crippen LogP contribution in [0.4, 0.5) is 4.39 Å². The number of aryl methyl sites for hydroxylation is 1. The van der Waals surface area contributed by atoms with Crippen LogP contribution in [0.25, 0.3) is 11.3 Å². The van der Waals surface area contributed by atoms with Crippen molar-refractivity contribution in [3.8, 4) is 11.3 Å². The van der Waals surface area contributed by atoms with E-state index >= 15 is 0 Å². The van der Waals surface area contributed by atoms with Gasteiger partial charge in [-0.15, -0.1) is 0 Å². The normalized spacial score (nSPS) is 10.4. The van der Waals surface area contributed by atoms with Crippen molar-refractivity contribution in [2.75, 3.05) is 13.7 Å². The first-order chi connectivity index (χ1) is 10.5. The molecule has 1 aromatic heterocycles. The number of aromatic nitrogens is 1. The Kier molecular flexibility index (Phi) is 4.77. The molecule has 2 aromatic rings. The van der Waals surface area contributed by atoms with Gasteiger partial charge in [0.2, 0.25) is 0 Å². The van der Waals surface area contributed by atoms with Crippen molar-refractivity contribution in [3.05, 3.63) is 40.4 Å². The monoisotopic (exact) mass is 327 g/mol. The Morgan fingerprint density at radius 3 is 2.77 bits per heavy atom. The highest BCUT2D eigenvalue weighted by Gasteiger charge is 2.26. The number of rotatable bonds is 4. The summed E-state index contributed by atoms with van der Waals surface area (Å²) < 4.78 is 28.0. The maximum Gasteiger partial charge on any atom is 0.344 e. The number of halogens is 2. The number of hydrogen-bond donors (Lipinski definition) is 0. The van der Waals surface area contributed by atoms with E-state index < -0.39 is 24.4 Å². The number of benzene rings is 1. The van der Waals surface area contributed by atoms with E-state index in [9.17, 15) is 14.0 Å². The minimum Gasteiger partial charge on any atom is -0.466 e. The molecule has 6 nitrogen and oxygen atoms in total. The summed E-state index contributed by atoms with van der Waals surface area (Å²) in [5, 5.41) is 3.72. The molecule has 1 aromatic carbocycles. The van der Waals surface area contributed by atoms with Crippen LogP contribution in [0.15, 0.2) is 22.7 Å². The molecule has 0 bridgehead atoms. The number of carbonyl (C=O) groups is 2. The highest BCUT2D eigenvalue weighted by Crippen LogP contribution is 2.33. The lowest BCUT2D eigenvalue weighted by Crippen LogP contribution is -2.16. The predicted molar refractivity (Wildman–Crippen MR) is 73.9 cm³/mol. The minimum absolute atomic E-state index is 0.0651. The Morgan fingerprint density at radius 1 is 1.41 bits per heavy atom. The van der Waals surface area contributed by atoms with Crippen molar-refractivity contribution < 1.29 is 28.0 Å². The highest BCUT2D eigenvalue weighted by molar-refractivity contribution is 6.33. The van der Waals surface area contributed by atoms with Crippen LogP contribution in [0.3, 0.4) is 0 Å². The van der Waals surface area contributed by atoms with Crippen LogP contribution in [-0.2, 0) is 14.3 Å². The molecule has 0 fully saturated rings. The summed E-state index contributed by atoms with van der Waals surface area (Å²) in [6.07, 6.45) is 0. The summed E-state index contributed by atoms with van der Waals surface area (Å²) in [5.41, 5.74) is -0.266. The zero-order valence-corrected chi connectivity index (χ0v) is 12.4. The molecular formula is C14H11ClFNO5. The molecule has 0 unspecified atom stereocenters. The van der Waals surface area contributed by atoms with Crippen molar-refractivity contribution in [2.45, 2.75) is 6.92 Å². The fourth-order valence-electron chi connectivity index (χ4n) is 1.76. The Morgan fingerprint density at radius 2 is 2.14 bits per heavy atom. The van der Waals surface area contributed by atoms with E-state index in [-0.39, 0.29) is 27.6 Å². The van der Waals surface area contributed by atoms with Crippen LogP contribution in [0, 0.1) is 12.7 Å². The number of nitrogens with zero attached hydrogens (tertiary/aromatic N) is 1. The van der Waals surface area contributed by atoms with Gasteiger partial charge >= 0.3 is 11.9 Å². The van der Waals surface area contributed by atoms with E-state index in [1.807, 2.05) is 0 Å². The van der Waals surface area contributed by atoms with Gasteiger partial charge in [0.05, 0.1) is 17.7 Å². The minimum atomic E-state index is -0.890. The van der Waals surface area contributed by atoms with Gasteiger partial charge < -0.3 is 14.0 Å². The first kappa shape index (κ1) is 16.0. The van der Waals surface area contributed by atoms with Crippen molar-refractivity contribution in [2.24, 2.45) is 0 Å². The molecule has 116 valence electrons. The largest absolute Gasteiger partial charge is 0.466 e. The smallest absolute Gasteiger partial charge is 0.344 e. The van der Waals surface area contributed by atoms with Gasteiger partial charge in [0.25, 0.3) is 0 Å². The third-order valence-corrected chi connectivity index (χ3v) is 3.13. The first-order valence-electron chi connectivity index (χ1n) is 6.10. The third kappa shape index (κ3) is 3.09. The summed E-state index contributed by atoms with van der Waals surface area (Å²) in [6, 6.07) is 4.05. The molecule has 0 N–H and O–H groups in total. The second kappa shape index (κ2) is 6.57. The Labute approximate surface area is 129 Å². The molecule has 1 heterocycles. The number of ether oxygens (including phenoxy) is 2. The molecule has 22 heavy (non-hydrogen) atoms. The van der Waals surface area contributed by atoms with Crippen molar-refractivity contribution in [3.63, 3.8) is 0 Å². The average Bonchev–Trinajstić information content (AvgIpc) is 2.86. The van der Waals surface area contributed by atoms with Gasteiger partial charge in [-0.3, -0.25) is 0 Å². The van der Waals surface area contributed by atoms with E-state index in [2.05, 4.69) is 9.89 Å². The Hall–Kier alpha value is -2.41. The van der Waals surface area contributed by atoms with Crippen molar-refractivity contribution >= 4 is 23.5 Å². The predicted octanol–water partition coefficient (Wildman–Crippen LogP) is 2.77. The second-order valence-corrected chi connectivity index (χ2v) is 4.62. The second-order valence-electron chi connectivity index (χ2n) is 4.21. The van der Waals surface area contributed by atoms with Crippen LogP contribution in [0.5, 0.6) is 0 Å². The molecule has 0 amide bonds. The molecule has 0 spiro atoms. The maximum atomic E-state index is 14.0. The molecule has 0 radical (unpaired) electrons. The molecule has 2 rings (SSSR count). The van der Waals surface area contributed by atoms with Gasteiger partial charge in [-0.25, -0.2) is 14.0 Å². The fourth-order valence-corrected chi connectivity index (χ4v) is 2.02. The van der Waals surface area contributed by atoms with E-state index in [0.717, 1.165) is 7.11 Å². The molecule has 0 saturated heterocycles. The number of hydrogen-bond acceptors (Lipinski definition) is 6. The van der Waals surface area contributed by atoms with Gasteiger partial charge in [-0.2, -0.15) is 0 Å². The molecule has 8 heteroatoms.